The van der Waals surface area contributed by atoms with Gasteiger partial charge in [0.25, 0.3) is 0 Å². The van der Waals surface area contributed by atoms with Crippen molar-refractivity contribution in [3.05, 3.63) is 0 Å². The Morgan fingerprint density at radius 2 is 1.77 bits per heavy atom. The van der Waals surface area contributed by atoms with Crippen LogP contribution in [0.1, 0.15) is 40.5 Å². The Morgan fingerprint density at radius 3 is 2.31 bits per heavy atom. The van der Waals surface area contributed by atoms with Gasteiger partial charge in [-0.05, 0) is 38.8 Å². The Morgan fingerprint density at radius 1 is 1.08 bits per heavy atom. The van der Waals surface area contributed by atoms with Crippen LogP contribution in [0.3, 0.4) is 0 Å². The zero-order chi connectivity index (χ0) is 10.1. The molecule has 0 saturated heterocycles. The van der Waals surface area contributed by atoms with Gasteiger partial charge in [-0.1, -0.05) is 20.8 Å². The number of rotatable bonds is 8. The van der Waals surface area contributed by atoms with Gasteiger partial charge in [0, 0.05) is 12.6 Å². The van der Waals surface area contributed by atoms with Gasteiger partial charge in [0.05, 0.1) is 0 Å². The predicted molar refractivity (Wildman–Crippen MR) is 60.1 cm³/mol. The van der Waals surface area contributed by atoms with Crippen molar-refractivity contribution in [3.63, 3.8) is 0 Å². The van der Waals surface area contributed by atoms with Crippen molar-refractivity contribution in [3.8, 4) is 0 Å². The van der Waals surface area contributed by atoms with E-state index in [0.717, 1.165) is 25.6 Å². The normalized spacial score (nSPS) is 13.6. The summed E-state index contributed by atoms with van der Waals surface area (Å²) in [4.78, 5) is 0. The van der Waals surface area contributed by atoms with E-state index in [1.807, 2.05) is 0 Å². The lowest BCUT2D eigenvalue weighted by atomic mass is 10.1. The molecule has 0 spiro atoms. The lowest BCUT2D eigenvalue weighted by molar-refractivity contribution is 0.465. The van der Waals surface area contributed by atoms with E-state index in [2.05, 4.69) is 38.3 Å². The molecule has 1 atom stereocenters. The summed E-state index contributed by atoms with van der Waals surface area (Å²) in [5, 5.41) is 6.92. The van der Waals surface area contributed by atoms with E-state index in [4.69, 9.17) is 0 Å². The molecule has 0 aliphatic carbocycles. The summed E-state index contributed by atoms with van der Waals surface area (Å²) >= 11 is 0. The van der Waals surface area contributed by atoms with Crippen molar-refractivity contribution < 1.29 is 0 Å². The van der Waals surface area contributed by atoms with Crippen LogP contribution in [0.4, 0.5) is 0 Å². The molecule has 13 heavy (non-hydrogen) atoms. The first kappa shape index (κ1) is 12.9. The minimum atomic E-state index is 0.602. The number of nitrogens with one attached hydrogen (secondary N) is 2. The molecular formula is C11H26N2. The van der Waals surface area contributed by atoms with Crippen molar-refractivity contribution in [2.45, 2.75) is 46.6 Å². The second kappa shape index (κ2) is 8.52. The lowest BCUT2D eigenvalue weighted by Gasteiger charge is -2.15. The summed E-state index contributed by atoms with van der Waals surface area (Å²) in [7, 11) is 0. The number of hydrogen-bond donors (Lipinski definition) is 2. The average Bonchev–Trinajstić information content (AvgIpc) is 2.04. The summed E-state index contributed by atoms with van der Waals surface area (Å²) in [6, 6.07) is 0.602. The quantitative estimate of drug-likeness (QED) is 0.567. The molecule has 0 aromatic heterocycles. The summed E-state index contributed by atoms with van der Waals surface area (Å²) in [5.41, 5.74) is 0. The monoisotopic (exact) mass is 186 g/mol. The molecule has 0 aliphatic rings. The molecule has 0 aromatic carbocycles. The van der Waals surface area contributed by atoms with E-state index in [1.165, 1.54) is 12.8 Å². The molecule has 2 heteroatoms. The van der Waals surface area contributed by atoms with E-state index in [0.29, 0.717) is 6.04 Å². The van der Waals surface area contributed by atoms with E-state index in [1.54, 1.807) is 0 Å². The highest BCUT2D eigenvalue weighted by Gasteiger charge is 2.00. The second-order valence-electron chi connectivity index (χ2n) is 4.24. The fourth-order valence-corrected chi connectivity index (χ4v) is 1.19. The molecule has 0 saturated carbocycles. The van der Waals surface area contributed by atoms with Crippen molar-refractivity contribution in [2.75, 3.05) is 19.6 Å². The SMILES string of the molecule is CCCNCC(C)NCCC(C)C. The zero-order valence-corrected chi connectivity index (χ0v) is 9.69. The molecule has 0 aromatic rings. The molecular weight excluding hydrogens is 160 g/mol. The van der Waals surface area contributed by atoms with E-state index >= 15 is 0 Å². The summed E-state index contributed by atoms with van der Waals surface area (Å²) in [6.07, 6.45) is 2.50. The average molecular weight is 186 g/mol. The van der Waals surface area contributed by atoms with Crippen LogP contribution in [0.5, 0.6) is 0 Å². The zero-order valence-electron chi connectivity index (χ0n) is 9.69. The molecule has 0 rings (SSSR count). The van der Waals surface area contributed by atoms with Gasteiger partial charge in [0.2, 0.25) is 0 Å². The maximum absolute atomic E-state index is 3.51. The molecule has 0 amide bonds. The van der Waals surface area contributed by atoms with Gasteiger partial charge in [-0.2, -0.15) is 0 Å². The van der Waals surface area contributed by atoms with Gasteiger partial charge >= 0.3 is 0 Å². The molecule has 0 aliphatic heterocycles. The predicted octanol–water partition coefficient (Wildman–Crippen LogP) is 2.01. The Labute approximate surface area is 83.5 Å². The third-order valence-corrected chi connectivity index (χ3v) is 2.09. The Hall–Kier alpha value is -0.0800. The molecule has 0 heterocycles. The van der Waals surface area contributed by atoms with Gasteiger partial charge in [-0.3, -0.25) is 0 Å². The number of hydrogen-bond acceptors (Lipinski definition) is 2. The lowest BCUT2D eigenvalue weighted by Crippen LogP contribution is -2.37. The van der Waals surface area contributed by atoms with Crippen LogP contribution < -0.4 is 10.6 Å². The summed E-state index contributed by atoms with van der Waals surface area (Å²) in [6.45, 7) is 12.3. The van der Waals surface area contributed by atoms with Crippen molar-refractivity contribution in [1.82, 2.24) is 10.6 Å². The minimum Gasteiger partial charge on any atom is -0.315 e. The van der Waals surface area contributed by atoms with Crippen LogP contribution in [0.25, 0.3) is 0 Å². The highest BCUT2D eigenvalue weighted by Crippen LogP contribution is 1.96. The molecule has 1 unspecified atom stereocenters. The first-order valence-corrected chi connectivity index (χ1v) is 5.60. The fraction of sp³-hybridized carbons (Fsp3) is 1.00. The van der Waals surface area contributed by atoms with Crippen molar-refractivity contribution >= 4 is 0 Å². The van der Waals surface area contributed by atoms with Gasteiger partial charge in [-0.25, -0.2) is 0 Å². The first-order chi connectivity index (χ1) is 6.16. The molecule has 2 N–H and O–H groups in total. The highest BCUT2D eigenvalue weighted by atomic mass is 15.0. The minimum absolute atomic E-state index is 0.602. The topological polar surface area (TPSA) is 24.1 Å². The molecule has 0 fully saturated rings. The highest BCUT2D eigenvalue weighted by molar-refractivity contribution is 4.63. The first-order valence-electron chi connectivity index (χ1n) is 5.60. The largest absolute Gasteiger partial charge is 0.315 e. The third kappa shape index (κ3) is 9.84. The van der Waals surface area contributed by atoms with Crippen LogP contribution in [-0.2, 0) is 0 Å². The fourth-order valence-electron chi connectivity index (χ4n) is 1.19. The molecule has 2 nitrogen and oxygen atoms in total. The van der Waals surface area contributed by atoms with Crippen LogP contribution in [0.15, 0.2) is 0 Å². The molecule has 0 bridgehead atoms. The molecule has 0 radical (unpaired) electrons. The second-order valence-corrected chi connectivity index (χ2v) is 4.24. The third-order valence-electron chi connectivity index (χ3n) is 2.09. The van der Waals surface area contributed by atoms with Crippen LogP contribution >= 0.6 is 0 Å². The van der Waals surface area contributed by atoms with Crippen LogP contribution in [0, 0.1) is 5.92 Å². The van der Waals surface area contributed by atoms with Crippen LogP contribution in [-0.4, -0.2) is 25.7 Å². The summed E-state index contributed by atoms with van der Waals surface area (Å²) < 4.78 is 0. The van der Waals surface area contributed by atoms with Crippen molar-refractivity contribution in [1.29, 1.82) is 0 Å². The maximum atomic E-state index is 3.51. The van der Waals surface area contributed by atoms with Crippen molar-refractivity contribution in [2.24, 2.45) is 5.92 Å². The van der Waals surface area contributed by atoms with Gasteiger partial charge in [0.1, 0.15) is 0 Å². The standard InChI is InChI=1S/C11H26N2/c1-5-7-12-9-11(4)13-8-6-10(2)3/h10-13H,5-9H2,1-4H3. The van der Waals surface area contributed by atoms with E-state index in [9.17, 15) is 0 Å². The van der Waals surface area contributed by atoms with Crippen LogP contribution in [0.2, 0.25) is 0 Å². The van der Waals surface area contributed by atoms with Gasteiger partial charge in [0.15, 0.2) is 0 Å². The Bertz CT molecular complexity index is 102. The summed E-state index contributed by atoms with van der Waals surface area (Å²) in [5.74, 6) is 0.809. The Kier molecular flexibility index (Phi) is 8.46. The van der Waals surface area contributed by atoms with Gasteiger partial charge in [-0.15, -0.1) is 0 Å². The van der Waals surface area contributed by atoms with E-state index in [-0.39, 0.29) is 0 Å². The maximum Gasteiger partial charge on any atom is 0.0164 e. The smallest absolute Gasteiger partial charge is 0.0164 e. The Balaban J connectivity index is 3.15. The van der Waals surface area contributed by atoms with Gasteiger partial charge < -0.3 is 10.6 Å². The molecule has 80 valence electrons. The van der Waals surface area contributed by atoms with E-state index < -0.39 is 0 Å².